The zero-order chi connectivity index (χ0) is 14.8. The average molecular weight is 297 g/mol. The van der Waals surface area contributed by atoms with Gasteiger partial charge in [0.05, 0.1) is 0 Å². The van der Waals surface area contributed by atoms with Gasteiger partial charge in [0.25, 0.3) is 0 Å². The molecule has 0 radical (unpaired) electrons. The minimum absolute atomic E-state index is 0.0813. The molecule has 0 unspecified atom stereocenters. The Balaban J connectivity index is 1.95. The summed E-state index contributed by atoms with van der Waals surface area (Å²) in [6.45, 7) is 5.70. The minimum Gasteiger partial charge on any atom is -0.349 e. The Labute approximate surface area is 129 Å². The van der Waals surface area contributed by atoms with Crippen molar-refractivity contribution in [2.24, 2.45) is 0 Å². The summed E-state index contributed by atoms with van der Waals surface area (Å²) in [5, 5.41) is 5.23. The molecule has 0 spiro atoms. The number of nitrogens with one attached hydrogen (secondary N) is 1. The summed E-state index contributed by atoms with van der Waals surface area (Å²) in [5.41, 5.74) is 4.06. The number of amides is 1. The van der Waals surface area contributed by atoms with Crippen molar-refractivity contribution in [1.82, 2.24) is 5.32 Å². The van der Waals surface area contributed by atoms with E-state index in [0.29, 0.717) is 5.92 Å². The van der Waals surface area contributed by atoms with Crippen LogP contribution in [-0.4, -0.2) is 11.9 Å². The summed E-state index contributed by atoms with van der Waals surface area (Å²) in [6, 6.07) is 10.9. The van der Waals surface area contributed by atoms with E-state index in [1.165, 1.54) is 27.6 Å². The van der Waals surface area contributed by atoms with Crippen LogP contribution in [0.15, 0.2) is 48.4 Å². The number of carbonyl (C=O) groups excluding carboxylic acids is 1. The first-order valence-corrected chi connectivity index (χ1v) is 8.11. The third kappa shape index (κ3) is 2.79. The third-order valence-corrected chi connectivity index (χ3v) is 5.25. The minimum atomic E-state index is -0.0813. The lowest BCUT2D eigenvalue weighted by atomic mass is 9.80. The van der Waals surface area contributed by atoms with Crippen molar-refractivity contribution in [2.45, 2.75) is 31.7 Å². The first-order valence-electron chi connectivity index (χ1n) is 7.23. The Hall–Kier alpha value is -1.87. The number of thiophene rings is 1. The van der Waals surface area contributed by atoms with Gasteiger partial charge in [0.15, 0.2) is 0 Å². The smallest absolute Gasteiger partial charge is 0.243 e. The maximum Gasteiger partial charge on any atom is 0.243 e. The van der Waals surface area contributed by atoms with Crippen LogP contribution >= 0.6 is 11.3 Å². The highest BCUT2D eigenvalue weighted by Crippen LogP contribution is 2.40. The van der Waals surface area contributed by atoms with E-state index >= 15 is 0 Å². The first kappa shape index (κ1) is 14.1. The van der Waals surface area contributed by atoms with Gasteiger partial charge in [-0.2, -0.15) is 0 Å². The van der Waals surface area contributed by atoms with Gasteiger partial charge in [-0.15, -0.1) is 11.3 Å². The molecule has 3 heteroatoms. The van der Waals surface area contributed by atoms with E-state index in [1.54, 1.807) is 0 Å². The zero-order valence-corrected chi connectivity index (χ0v) is 13.0. The Morgan fingerprint density at radius 3 is 2.95 bits per heavy atom. The molecule has 0 bridgehead atoms. The van der Waals surface area contributed by atoms with Gasteiger partial charge in [-0.25, -0.2) is 0 Å². The van der Waals surface area contributed by atoms with Gasteiger partial charge in [-0.3, -0.25) is 4.79 Å². The highest BCUT2D eigenvalue weighted by molar-refractivity contribution is 7.10. The fraction of sp³-hybridized carbons (Fsp3) is 0.278. The zero-order valence-electron chi connectivity index (χ0n) is 12.1. The van der Waals surface area contributed by atoms with Crippen molar-refractivity contribution in [2.75, 3.05) is 0 Å². The predicted molar refractivity (Wildman–Crippen MR) is 87.8 cm³/mol. The Kier molecular flexibility index (Phi) is 3.93. The second-order valence-corrected chi connectivity index (χ2v) is 6.52. The maximum absolute atomic E-state index is 11.6. The SMILES string of the molecule is C=CC(=O)N[C@H]1Cc2ccsc2[C@H](c2ccccc2C)C1. The van der Waals surface area contributed by atoms with E-state index < -0.39 is 0 Å². The molecule has 1 aromatic carbocycles. The fourth-order valence-corrected chi connectivity index (χ4v) is 4.25. The second kappa shape index (κ2) is 5.86. The van der Waals surface area contributed by atoms with Gasteiger partial charge in [-0.1, -0.05) is 30.8 Å². The van der Waals surface area contributed by atoms with Crippen molar-refractivity contribution in [3.63, 3.8) is 0 Å². The van der Waals surface area contributed by atoms with Crippen LogP contribution in [-0.2, 0) is 11.2 Å². The maximum atomic E-state index is 11.6. The summed E-state index contributed by atoms with van der Waals surface area (Å²) in [5.74, 6) is 0.298. The van der Waals surface area contributed by atoms with Crippen LogP contribution in [0.4, 0.5) is 0 Å². The molecule has 2 nitrogen and oxygen atoms in total. The molecule has 108 valence electrons. The molecular weight excluding hydrogens is 278 g/mol. The molecule has 0 fully saturated rings. The molecule has 0 saturated carbocycles. The Morgan fingerprint density at radius 2 is 2.19 bits per heavy atom. The van der Waals surface area contributed by atoms with Crippen LogP contribution in [0.3, 0.4) is 0 Å². The summed E-state index contributed by atoms with van der Waals surface area (Å²) in [7, 11) is 0. The van der Waals surface area contributed by atoms with Crippen LogP contribution in [0.2, 0.25) is 0 Å². The number of fused-ring (bicyclic) bond motifs is 1. The van der Waals surface area contributed by atoms with Crippen molar-refractivity contribution >= 4 is 17.2 Å². The number of hydrogen-bond donors (Lipinski definition) is 1. The van der Waals surface area contributed by atoms with Crippen LogP contribution in [0, 0.1) is 6.92 Å². The largest absolute Gasteiger partial charge is 0.349 e. The molecule has 21 heavy (non-hydrogen) atoms. The monoisotopic (exact) mass is 297 g/mol. The van der Waals surface area contributed by atoms with Gasteiger partial charge in [0, 0.05) is 16.8 Å². The summed E-state index contributed by atoms with van der Waals surface area (Å²) in [4.78, 5) is 13.1. The normalized spacial score (nSPS) is 20.6. The molecule has 1 heterocycles. The first-order chi connectivity index (χ1) is 10.2. The molecule has 0 saturated heterocycles. The lowest BCUT2D eigenvalue weighted by Crippen LogP contribution is -2.39. The second-order valence-electron chi connectivity index (χ2n) is 5.57. The number of hydrogen-bond acceptors (Lipinski definition) is 2. The molecule has 2 atom stereocenters. The van der Waals surface area contributed by atoms with Gasteiger partial charge in [0.1, 0.15) is 0 Å². The highest BCUT2D eigenvalue weighted by atomic mass is 32.1. The molecule has 1 aliphatic rings. The van der Waals surface area contributed by atoms with E-state index in [1.807, 2.05) is 11.3 Å². The lowest BCUT2D eigenvalue weighted by molar-refractivity contribution is -0.117. The van der Waals surface area contributed by atoms with Crippen molar-refractivity contribution in [3.05, 3.63) is 69.9 Å². The molecule has 1 aromatic heterocycles. The number of aryl methyl sites for hydroxylation is 1. The van der Waals surface area contributed by atoms with E-state index in [9.17, 15) is 4.79 Å². The van der Waals surface area contributed by atoms with Gasteiger partial charge >= 0.3 is 0 Å². The lowest BCUT2D eigenvalue weighted by Gasteiger charge is -2.31. The van der Waals surface area contributed by atoms with Gasteiger partial charge in [0.2, 0.25) is 5.91 Å². The molecule has 3 rings (SSSR count). The standard InChI is InChI=1S/C18H19NOS/c1-3-17(20)19-14-10-13-8-9-21-18(13)16(11-14)15-7-5-4-6-12(15)2/h3-9,14,16H,1,10-11H2,2H3,(H,19,20)/t14-,16-/m0/s1. The highest BCUT2D eigenvalue weighted by Gasteiger charge is 2.30. The van der Waals surface area contributed by atoms with E-state index in [-0.39, 0.29) is 11.9 Å². The van der Waals surface area contributed by atoms with Crippen molar-refractivity contribution in [1.29, 1.82) is 0 Å². The number of rotatable bonds is 3. The molecule has 0 aliphatic heterocycles. The van der Waals surface area contributed by atoms with Gasteiger partial charge < -0.3 is 5.32 Å². The quantitative estimate of drug-likeness (QED) is 0.858. The van der Waals surface area contributed by atoms with Crippen LogP contribution in [0.25, 0.3) is 0 Å². The third-order valence-electron chi connectivity index (χ3n) is 4.18. The van der Waals surface area contributed by atoms with Crippen molar-refractivity contribution in [3.8, 4) is 0 Å². The van der Waals surface area contributed by atoms with Crippen LogP contribution < -0.4 is 5.32 Å². The van der Waals surface area contributed by atoms with Crippen LogP contribution in [0.5, 0.6) is 0 Å². The fourth-order valence-electron chi connectivity index (χ4n) is 3.18. The molecule has 1 aliphatic carbocycles. The number of carbonyl (C=O) groups is 1. The summed E-state index contributed by atoms with van der Waals surface area (Å²) >= 11 is 1.83. The Morgan fingerprint density at radius 1 is 1.38 bits per heavy atom. The molecular formula is C18H19NOS. The number of benzene rings is 1. The molecule has 2 aromatic rings. The van der Waals surface area contributed by atoms with Crippen LogP contribution in [0.1, 0.15) is 33.9 Å². The van der Waals surface area contributed by atoms with E-state index in [2.05, 4.69) is 54.5 Å². The predicted octanol–water partition coefficient (Wildman–Crippen LogP) is 3.81. The van der Waals surface area contributed by atoms with Gasteiger partial charge in [-0.05, 0) is 54.0 Å². The van der Waals surface area contributed by atoms with E-state index in [0.717, 1.165) is 12.8 Å². The average Bonchev–Trinajstić information content (AvgIpc) is 2.95. The van der Waals surface area contributed by atoms with Crippen molar-refractivity contribution < 1.29 is 4.79 Å². The topological polar surface area (TPSA) is 29.1 Å². The summed E-state index contributed by atoms with van der Waals surface area (Å²) < 4.78 is 0. The summed E-state index contributed by atoms with van der Waals surface area (Å²) in [6.07, 6.45) is 3.23. The van der Waals surface area contributed by atoms with E-state index in [4.69, 9.17) is 0 Å². The Bertz CT molecular complexity index is 673. The molecule has 1 N–H and O–H groups in total. The molecule has 1 amide bonds.